The van der Waals surface area contributed by atoms with Crippen molar-refractivity contribution < 1.29 is 23.5 Å². The molecule has 3 aliphatic heterocycles. The van der Waals surface area contributed by atoms with Crippen LogP contribution in [0.5, 0.6) is 5.75 Å². The number of methoxy groups -OCH3 is 1. The van der Waals surface area contributed by atoms with Gasteiger partial charge in [0.2, 0.25) is 17.7 Å². The second-order valence-electron chi connectivity index (χ2n) is 9.98. The average molecular weight is 511 g/mol. The van der Waals surface area contributed by atoms with Crippen molar-refractivity contribution in [3.05, 3.63) is 89.9 Å². The van der Waals surface area contributed by atoms with E-state index in [0.717, 1.165) is 21.4 Å². The van der Waals surface area contributed by atoms with Crippen LogP contribution in [0.1, 0.15) is 11.1 Å². The van der Waals surface area contributed by atoms with Gasteiger partial charge in [0.05, 0.1) is 24.6 Å². The molecule has 38 heavy (non-hydrogen) atoms. The molecule has 2 saturated heterocycles. The van der Waals surface area contributed by atoms with Gasteiger partial charge in [-0.3, -0.25) is 19.7 Å². The molecule has 2 fully saturated rings. The number of nitrogens with one attached hydrogen (secondary N) is 3. The molecule has 1 aromatic heterocycles. The second-order valence-corrected chi connectivity index (χ2v) is 9.98. The first kappa shape index (κ1) is 22.7. The predicted molar refractivity (Wildman–Crippen MR) is 138 cm³/mol. The minimum absolute atomic E-state index is 0.340. The first-order valence-electron chi connectivity index (χ1n) is 12.4. The monoisotopic (exact) mass is 510 g/mol. The summed E-state index contributed by atoms with van der Waals surface area (Å²) in [5, 5.41) is 7.18. The van der Waals surface area contributed by atoms with E-state index in [0.29, 0.717) is 29.1 Å². The van der Waals surface area contributed by atoms with E-state index >= 15 is 0 Å². The molecular formula is C29H23FN4O4. The summed E-state index contributed by atoms with van der Waals surface area (Å²) in [6.45, 7) is 0. The fraction of sp³-hybridized carbons (Fsp3) is 0.207. The molecule has 0 aliphatic carbocycles. The second kappa shape index (κ2) is 8.00. The van der Waals surface area contributed by atoms with Crippen LogP contribution >= 0.6 is 0 Å². The number of carbonyl (C=O) groups excluding carboxylic acids is 3. The Morgan fingerprint density at radius 1 is 1.00 bits per heavy atom. The molecule has 4 aromatic rings. The minimum atomic E-state index is -1.58. The van der Waals surface area contributed by atoms with Gasteiger partial charge in [-0.05, 0) is 48.4 Å². The average Bonchev–Trinajstić information content (AvgIpc) is 3.63. The smallest absolute Gasteiger partial charge is 0.250 e. The number of imide groups is 1. The maximum absolute atomic E-state index is 14.5. The number of benzene rings is 3. The van der Waals surface area contributed by atoms with Crippen molar-refractivity contribution in [1.82, 2.24) is 10.3 Å². The van der Waals surface area contributed by atoms with Crippen molar-refractivity contribution in [2.24, 2.45) is 11.8 Å². The van der Waals surface area contributed by atoms with Gasteiger partial charge in [0.15, 0.2) is 0 Å². The molecule has 4 atom stereocenters. The quantitative estimate of drug-likeness (QED) is 0.365. The summed E-state index contributed by atoms with van der Waals surface area (Å²) < 4.78 is 19.8. The van der Waals surface area contributed by atoms with Gasteiger partial charge in [-0.15, -0.1) is 0 Å². The molecule has 1 spiro atoms. The van der Waals surface area contributed by atoms with E-state index in [1.165, 1.54) is 25.3 Å². The third-order valence-corrected chi connectivity index (χ3v) is 8.10. The summed E-state index contributed by atoms with van der Waals surface area (Å²) in [5.74, 6) is -3.31. The molecule has 3 N–H and O–H groups in total. The summed E-state index contributed by atoms with van der Waals surface area (Å²) in [6, 6.07) is 18.0. The Kier molecular flexibility index (Phi) is 4.77. The number of H-pyrrole nitrogens is 1. The summed E-state index contributed by atoms with van der Waals surface area (Å²) in [7, 11) is 1.51. The highest BCUT2D eigenvalue weighted by molar-refractivity contribution is 6.25. The zero-order chi connectivity index (χ0) is 26.2. The zero-order valence-electron chi connectivity index (χ0n) is 20.3. The van der Waals surface area contributed by atoms with E-state index < -0.39 is 47.0 Å². The Morgan fingerprint density at radius 2 is 1.84 bits per heavy atom. The van der Waals surface area contributed by atoms with E-state index in [1.54, 1.807) is 24.3 Å². The first-order chi connectivity index (χ1) is 18.4. The van der Waals surface area contributed by atoms with Crippen molar-refractivity contribution in [3.8, 4) is 5.75 Å². The number of aromatic amines is 1. The molecule has 3 aromatic carbocycles. The lowest BCUT2D eigenvalue weighted by Gasteiger charge is -2.29. The molecule has 4 heterocycles. The van der Waals surface area contributed by atoms with Gasteiger partial charge < -0.3 is 15.0 Å². The molecule has 0 saturated carbocycles. The van der Waals surface area contributed by atoms with Crippen molar-refractivity contribution >= 4 is 40.0 Å². The van der Waals surface area contributed by atoms with Crippen LogP contribution in [0, 0.1) is 17.7 Å². The first-order valence-corrected chi connectivity index (χ1v) is 12.4. The lowest BCUT2D eigenvalue weighted by molar-refractivity contribution is -0.130. The number of hydrogen-bond donors (Lipinski definition) is 3. The number of fused-ring (bicyclic) bond motifs is 5. The number of hydrogen-bond acceptors (Lipinski definition) is 5. The fourth-order valence-electron chi connectivity index (χ4n) is 6.49. The topological polar surface area (TPSA) is 104 Å². The SMILES string of the molecule is COc1cccc(N2C(=O)[C@@H]3[C@H](Cc4c[nH]c5ccccc45)N[C@]4(C(=O)Nc5ccc(F)cc54)[C@@H]3C2=O)c1. The molecule has 3 aliphatic rings. The van der Waals surface area contributed by atoms with Gasteiger partial charge in [0, 0.05) is 40.5 Å². The molecule has 7 rings (SSSR count). The Bertz CT molecular complexity index is 1670. The highest BCUT2D eigenvalue weighted by Crippen LogP contribution is 2.54. The number of carbonyl (C=O) groups is 3. The van der Waals surface area contributed by atoms with Gasteiger partial charge in [0.25, 0.3) is 0 Å². The summed E-state index contributed by atoms with van der Waals surface area (Å²) in [4.78, 5) is 46.2. The summed E-state index contributed by atoms with van der Waals surface area (Å²) >= 11 is 0. The molecule has 0 radical (unpaired) electrons. The maximum atomic E-state index is 14.5. The molecule has 190 valence electrons. The number of ether oxygens (including phenoxy) is 1. The molecule has 9 heteroatoms. The fourth-order valence-corrected chi connectivity index (χ4v) is 6.49. The third kappa shape index (κ3) is 2.96. The largest absolute Gasteiger partial charge is 0.497 e. The Hall–Kier alpha value is -4.50. The number of nitrogens with zero attached hydrogens (tertiary/aromatic N) is 1. The van der Waals surface area contributed by atoms with Crippen molar-refractivity contribution in [2.75, 3.05) is 17.3 Å². The highest BCUT2D eigenvalue weighted by Gasteiger charge is 2.70. The lowest BCUT2D eigenvalue weighted by Crippen LogP contribution is -2.53. The maximum Gasteiger partial charge on any atom is 0.250 e. The van der Waals surface area contributed by atoms with E-state index in [2.05, 4.69) is 15.6 Å². The van der Waals surface area contributed by atoms with E-state index in [4.69, 9.17) is 4.74 Å². The minimum Gasteiger partial charge on any atom is -0.497 e. The van der Waals surface area contributed by atoms with Gasteiger partial charge in [-0.1, -0.05) is 24.3 Å². The number of para-hydroxylation sites is 1. The molecule has 8 nitrogen and oxygen atoms in total. The van der Waals surface area contributed by atoms with Gasteiger partial charge in [-0.25, -0.2) is 9.29 Å². The van der Waals surface area contributed by atoms with Crippen LogP contribution in [0.15, 0.2) is 72.9 Å². The third-order valence-electron chi connectivity index (χ3n) is 8.10. The number of halogens is 1. The van der Waals surface area contributed by atoms with Crippen LogP contribution in [0.2, 0.25) is 0 Å². The predicted octanol–water partition coefficient (Wildman–Crippen LogP) is 3.48. The molecular weight excluding hydrogens is 487 g/mol. The highest BCUT2D eigenvalue weighted by atomic mass is 19.1. The van der Waals surface area contributed by atoms with E-state index in [1.807, 2.05) is 30.5 Å². The molecule has 0 bridgehead atoms. The lowest BCUT2D eigenvalue weighted by atomic mass is 9.76. The number of rotatable bonds is 4. The van der Waals surface area contributed by atoms with Gasteiger partial charge >= 0.3 is 0 Å². The summed E-state index contributed by atoms with van der Waals surface area (Å²) in [5.41, 5.74) is 1.45. The standard InChI is InChI=1S/C29H23FN4O4/c1-38-18-6-4-5-17(13-18)34-26(35)24-23(11-15-14-31-21-8-3-2-7-19(15)21)33-29(25(24)27(34)36)20-12-16(30)9-10-22(20)32-28(29)37/h2-10,12-14,23-25,31,33H,11H2,1H3,(H,32,37)/t23-,24+,25-,29-/m0/s1. The van der Waals surface area contributed by atoms with Crippen LogP contribution in [0.3, 0.4) is 0 Å². The van der Waals surface area contributed by atoms with Crippen LogP contribution < -0.4 is 20.3 Å². The molecule has 0 unspecified atom stereocenters. The van der Waals surface area contributed by atoms with Crippen molar-refractivity contribution in [2.45, 2.75) is 18.0 Å². The van der Waals surface area contributed by atoms with Crippen LogP contribution in [-0.2, 0) is 26.3 Å². The van der Waals surface area contributed by atoms with E-state index in [-0.39, 0.29) is 0 Å². The van der Waals surface area contributed by atoms with Crippen LogP contribution in [0.4, 0.5) is 15.8 Å². The Labute approximate surface area is 216 Å². The summed E-state index contributed by atoms with van der Waals surface area (Å²) in [6.07, 6.45) is 2.27. The number of amides is 3. The van der Waals surface area contributed by atoms with Crippen LogP contribution in [-0.4, -0.2) is 35.9 Å². The Balaban J connectivity index is 1.38. The Morgan fingerprint density at radius 3 is 2.68 bits per heavy atom. The molecule has 3 amide bonds. The van der Waals surface area contributed by atoms with Gasteiger partial charge in [0.1, 0.15) is 17.1 Å². The normalized spacial score (nSPS) is 25.8. The van der Waals surface area contributed by atoms with Crippen LogP contribution in [0.25, 0.3) is 10.9 Å². The zero-order valence-corrected chi connectivity index (χ0v) is 20.3. The van der Waals surface area contributed by atoms with E-state index in [9.17, 15) is 18.8 Å². The van der Waals surface area contributed by atoms with Crippen molar-refractivity contribution in [1.29, 1.82) is 0 Å². The number of anilines is 2. The van der Waals surface area contributed by atoms with Gasteiger partial charge in [-0.2, -0.15) is 0 Å². The van der Waals surface area contributed by atoms with Crippen molar-refractivity contribution in [3.63, 3.8) is 0 Å². The number of aromatic nitrogens is 1.